The summed E-state index contributed by atoms with van der Waals surface area (Å²) in [6.45, 7) is 0. The van der Waals surface area contributed by atoms with E-state index in [0.29, 0.717) is 6.42 Å². The molecule has 1 aliphatic carbocycles. The minimum absolute atomic E-state index is 0.0594. The molecule has 0 unspecified atom stereocenters. The second-order valence-corrected chi connectivity index (χ2v) is 3.90. The Morgan fingerprint density at radius 3 is 2.69 bits per heavy atom. The molecule has 5 heteroatoms. The molecule has 3 atom stereocenters. The van der Waals surface area contributed by atoms with Crippen LogP contribution in [0.5, 0.6) is 0 Å². The van der Waals surface area contributed by atoms with Crippen molar-refractivity contribution < 1.29 is 9.90 Å². The Bertz CT molecular complexity index is 440. The molecule has 1 saturated carbocycles. The highest BCUT2D eigenvalue weighted by Crippen LogP contribution is 2.49. The highest BCUT2D eigenvalue weighted by molar-refractivity contribution is 5.73. The highest BCUT2D eigenvalue weighted by atomic mass is 16.4. The lowest BCUT2D eigenvalue weighted by atomic mass is 10.0. The van der Waals surface area contributed by atoms with Crippen molar-refractivity contribution in [2.24, 2.45) is 17.0 Å². The van der Waals surface area contributed by atoms with E-state index in [1.807, 2.05) is 30.3 Å². The Balaban J connectivity index is 2.20. The predicted octanol–water partition coefficient (Wildman–Crippen LogP) is 2.76. The van der Waals surface area contributed by atoms with Gasteiger partial charge in [-0.2, -0.15) is 0 Å². The van der Waals surface area contributed by atoms with Crippen LogP contribution in [0.15, 0.2) is 35.4 Å². The molecule has 1 N–H and O–H groups in total. The monoisotopic (exact) mass is 217 g/mol. The molecule has 0 heterocycles. The van der Waals surface area contributed by atoms with E-state index in [9.17, 15) is 4.79 Å². The van der Waals surface area contributed by atoms with E-state index < -0.39 is 5.97 Å². The number of carbonyl (C=O) groups is 1. The van der Waals surface area contributed by atoms with Gasteiger partial charge in [-0.05, 0) is 23.4 Å². The molecule has 1 aromatic carbocycles. The summed E-state index contributed by atoms with van der Waals surface area (Å²) in [5, 5.41) is 12.6. The normalized spacial score (nSPS) is 24.2. The van der Waals surface area contributed by atoms with E-state index >= 15 is 0 Å². The van der Waals surface area contributed by atoms with Crippen LogP contribution < -0.4 is 0 Å². The van der Waals surface area contributed by atoms with Crippen molar-refractivity contribution in [3.05, 3.63) is 46.3 Å². The van der Waals surface area contributed by atoms with Crippen molar-refractivity contribution in [3.8, 4) is 0 Å². The summed E-state index contributed by atoms with van der Waals surface area (Å²) in [4.78, 5) is 13.6. The van der Waals surface area contributed by atoms with Crippen LogP contribution in [0.3, 0.4) is 0 Å². The van der Waals surface area contributed by atoms with Crippen molar-refractivity contribution in [2.45, 2.75) is 12.5 Å². The van der Waals surface area contributed by atoms with Gasteiger partial charge in [-0.25, -0.2) is 0 Å². The van der Waals surface area contributed by atoms with Crippen molar-refractivity contribution in [1.29, 1.82) is 0 Å². The zero-order valence-electron chi connectivity index (χ0n) is 8.52. The van der Waals surface area contributed by atoms with E-state index in [4.69, 9.17) is 10.6 Å². The number of hydrogen-bond acceptors (Lipinski definition) is 2. The Morgan fingerprint density at radius 2 is 2.19 bits per heavy atom. The van der Waals surface area contributed by atoms with Gasteiger partial charge in [-0.3, -0.25) is 4.79 Å². The van der Waals surface area contributed by atoms with E-state index in [1.165, 1.54) is 0 Å². The first kappa shape index (κ1) is 10.5. The van der Waals surface area contributed by atoms with Gasteiger partial charge in [-0.1, -0.05) is 35.4 Å². The number of rotatable bonds is 4. The molecular weight excluding hydrogens is 206 g/mol. The first-order valence-electron chi connectivity index (χ1n) is 5.06. The number of azide groups is 1. The van der Waals surface area contributed by atoms with Gasteiger partial charge in [0.15, 0.2) is 0 Å². The number of aliphatic carboxylic acids is 1. The molecule has 0 aliphatic heterocycles. The second kappa shape index (κ2) is 4.24. The second-order valence-electron chi connectivity index (χ2n) is 3.90. The third-order valence-electron chi connectivity index (χ3n) is 2.88. The van der Waals surface area contributed by atoms with Crippen LogP contribution in [0, 0.1) is 11.8 Å². The van der Waals surface area contributed by atoms with Gasteiger partial charge in [0, 0.05) is 4.91 Å². The molecule has 16 heavy (non-hydrogen) atoms. The van der Waals surface area contributed by atoms with Crippen LogP contribution in [0.4, 0.5) is 0 Å². The fourth-order valence-corrected chi connectivity index (χ4v) is 1.95. The summed E-state index contributed by atoms with van der Waals surface area (Å²) in [5.41, 5.74) is 9.39. The number of hydrogen-bond donors (Lipinski definition) is 1. The molecule has 0 aromatic heterocycles. The van der Waals surface area contributed by atoms with Crippen molar-refractivity contribution in [1.82, 2.24) is 0 Å². The fraction of sp³-hybridized carbons (Fsp3) is 0.364. The minimum atomic E-state index is -0.806. The van der Waals surface area contributed by atoms with Gasteiger partial charge in [0.2, 0.25) is 0 Å². The molecule has 82 valence electrons. The predicted molar refractivity (Wildman–Crippen MR) is 57.6 cm³/mol. The first-order valence-corrected chi connectivity index (χ1v) is 5.06. The highest BCUT2D eigenvalue weighted by Gasteiger charge is 2.48. The Hall–Kier alpha value is -2.00. The third-order valence-corrected chi connectivity index (χ3v) is 2.88. The quantitative estimate of drug-likeness (QED) is 0.477. The molecule has 1 aliphatic rings. The van der Waals surface area contributed by atoms with Crippen LogP contribution in [-0.2, 0) is 4.79 Å². The summed E-state index contributed by atoms with van der Waals surface area (Å²) in [6, 6.07) is 8.94. The van der Waals surface area contributed by atoms with Crippen LogP contribution in [-0.4, -0.2) is 11.1 Å². The molecule has 0 bridgehead atoms. The molecule has 0 radical (unpaired) electrons. The summed E-state index contributed by atoms with van der Waals surface area (Å²) >= 11 is 0. The SMILES string of the molecule is [N-]=[N+]=N[C@H](c1ccccc1)[C@@H]1C[C@H]1C(=O)O. The Kier molecular flexibility index (Phi) is 2.79. The van der Waals surface area contributed by atoms with Crippen molar-refractivity contribution >= 4 is 5.97 Å². The van der Waals surface area contributed by atoms with Crippen LogP contribution in [0.2, 0.25) is 0 Å². The Labute approximate surface area is 92.3 Å². The van der Waals surface area contributed by atoms with Crippen molar-refractivity contribution in [3.63, 3.8) is 0 Å². The van der Waals surface area contributed by atoms with Crippen LogP contribution in [0.25, 0.3) is 10.4 Å². The maximum Gasteiger partial charge on any atom is 0.306 e. The zero-order chi connectivity index (χ0) is 11.5. The van der Waals surface area contributed by atoms with E-state index in [2.05, 4.69) is 10.0 Å². The first-order chi connectivity index (χ1) is 7.74. The number of carboxylic acids is 1. The van der Waals surface area contributed by atoms with Crippen LogP contribution >= 0.6 is 0 Å². The number of carboxylic acid groups (broad SMARTS) is 1. The molecule has 0 saturated heterocycles. The lowest BCUT2D eigenvalue weighted by molar-refractivity contribution is -0.138. The minimum Gasteiger partial charge on any atom is -0.481 e. The molecule has 1 aromatic rings. The van der Waals surface area contributed by atoms with Gasteiger partial charge >= 0.3 is 5.97 Å². The molecule has 5 nitrogen and oxygen atoms in total. The standard InChI is InChI=1S/C11H11N3O2/c12-14-13-10(7-4-2-1-3-5-7)8-6-9(8)11(15)16/h1-5,8-10H,6H2,(H,15,16)/t8-,9-,10-/m1/s1. The smallest absolute Gasteiger partial charge is 0.306 e. The molecule has 2 rings (SSSR count). The van der Waals surface area contributed by atoms with Crippen LogP contribution in [0.1, 0.15) is 18.0 Å². The topological polar surface area (TPSA) is 86.1 Å². The largest absolute Gasteiger partial charge is 0.481 e. The van der Waals surface area contributed by atoms with Gasteiger partial charge in [0.1, 0.15) is 0 Å². The van der Waals surface area contributed by atoms with E-state index in [0.717, 1.165) is 5.56 Å². The zero-order valence-corrected chi connectivity index (χ0v) is 8.52. The molecule has 0 spiro atoms. The summed E-state index contributed by atoms with van der Waals surface area (Å²) < 4.78 is 0. The number of benzene rings is 1. The van der Waals surface area contributed by atoms with Crippen molar-refractivity contribution in [2.75, 3.05) is 0 Å². The maximum atomic E-state index is 10.8. The average molecular weight is 217 g/mol. The van der Waals surface area contributed by atoms with Gasteiger partial charge in [0.25, 0.3) is 0 Å². The number of nitrogens with zero attached hydrogens (tertiary/aromatic N) is 3. The lowest BCUT2D eigenvalue weighted by Gasteiger charge is -2.09. The summed E-state index contributed by atoms with van der Waals surface area (Å²) in [5.74, 6) is -1.23. The third kappa shape index (κ3) is 1.99. The molecule has 1 fully saturated rings. The summed E-state index contributed by atoms with van der Waals surface area (Å²) in [7, 11) is 0. The molecular formula is C11H11N3O2. The van der Waals surface area contributed by atoms with E-state index in [1.54, 1.807) is 0 Å². The van der Waals surface area contributed by atoms with Gasteiger partial charge < -0.3 is 5.11 Å². The fourth-order valence-electron chi connectivity index (χ4n) is 1.95. The lowest BCUT2D eigenvalue weighted by Crippen LogP contribution is -2.05. The van der Waals surface area contributed by atoms with E-state index in [-0.39, 0.29) is 17.9 Å². The Morgan fingerprint density at radius 1 is 1.50 bits per heavy atom. The van der Waals surface area contributed by atoms with Gasteiger partial charge in [0.05, 0.1) is 12.0 Å². The summed E-state index contributed by atoms with van der Waals surface area (Å²) in [6.07, 6.45) is 0.591. The molecule has 0 amide bonds. The maximum absolute atomic E-state index is 10.8. The average Bonchev–Trinajstić information content (AvgIpc) is 3.07. The van der Waals surface area contributed by atoms with Gasteiger partial charge in [-0.15, -0.1) is 0 Å².